The van der Waals surface area contributed by atoms with Crippen LogP contribution in [0.15, 0.2) is 45.8 Å². The summed E-state index contributed by atoms with van der Waals surface area (Å²) in [6.45, 7) is 0.137. The minimum atomic E-state index is -0.419. The summed E-state index contributed by atoms with van der Waals surface area (Å²) in [7, 11) is 0. The van der Waals surface area contributed by atoms with Gasteiger partial charge in [0.15, 0.2) is 10.8 Å². The van der Waals surface area contributed by atoms with Crippen molar-refractivity contribution in [1.29, 1.82) is 0 Å². The quantitative estimate of drug-likeness (QED) is 0.531. The van der Waals surface area contributed by atoms with Crippen molar-refractivity contribution in [2.24, 2.45) is 0 Å². The lowest BCUT2D eigenvalue weighted by atomic mass is 10.4. The van der Waals surface area contributed by atoms with E-state index in [0.29, 0.717) is 11.5 Å². The predicted molar refractivity (Wildman–Crippen MR) is 80.8 cm³/mol. The Bertz CT molecular complexity index is 730. The summed E-state index contributed by atoms with van der Waals surface area (Å²) in [6.07, 6.45) is 6.27. The number of esters is 1. The summed E-state index contributed by atoms with van der Waals surface area (Å²) in [5, 5.41) is 5.22. The highest BCUT2D eigenvalue weighted by Gasteiger charge is 2.08. The average Bonchev–Trinajstić information content (AvgIpc) is 3.24. The number of rotatable bonds is 5. The third-order valence-corrected chi connectivity index (χ3v) is 4.11. The van der Waals surface area contributed by atoms with E-state index in [2.05, 4.69) is 9.97 Å². The molecule has 0 atom stereocenters. The molecule has 0 fully saturated rings. The fourth-order valence-corrected chi connectivity index (χ4v) is 2.84. The molecule has 0 bridgehead atoms. The first-order valence-electron chi connectivity index (χ1n) is 6.04. The molecule has 0 aliphatic carbocycles. The SMILES string of the molecule is O=C(/C=C/c1nccs1)OCc1csc(-c2ccco2)n1. The Labute approximate surface area is 128 Å². The summed E-state index contributed by atoms with van der Waals surface area (Å²) in [5.74, 6) is 0.291. The number of hydrogen-bond acceptors (Lipinski definition) is 7. The Hall–Kier alpha value is -2.25. The van der Waals surface area contributed by atoms with E-state index in [-0.39, 0.29) is 6.61 Å². The van der Waals surface area contributed by atoms with Gasteiger partial charge in [-0.3, -0.25) is 0 Å². The second-order valence-corrected chi connectivity index (χ2v) is 5.72. The molecule has 3 rings (SSSR count). The molecule has 0 amide bonds. The van der Waals surface area contributed by atoms with Gasteiger partial charge in [-0.25, -0.2) is 14.8 Å². The van der Waals surface area contributed by atoms with Crippen LogP contribution in [0.2, 0.25) is 0 Å². The van der Waals surface area contributed by atoms with Crippen molar-refractivity contribution in [2.45, 2.75) is 6.61 Å². The summed E-state index contributed by atoms with van der Waals surface area (Å²) < 4.78 is 10.4. The van der Waals surface area contributed by atoms with Gasteiger partial charge in [-0.2, -0.15) is 0 Å². The summed E-state index contributed by atoms with van der Waals surface area (Å²) in [6, 6.07) is 3.64. The van der Waals surface area contributed by atoms with E-state index in [1.54, 1.807) is 24.6 Å². The van der Waals surface area contributed by atoms with Gasteiger partial charge in [0.05, 0.1) is 12.0 Å². The van der Waals surface area contributed by atoms with E-state index in [1.807, 2.05) is 16.8 Å². The van der Waals surface area contributed by atoms with Gasteiger partial charge in [0.2, 0.25) is 0 Å². The minimum absolute atomic E-state index is 0.137. The molecule has 0 unspecified atom stereocenters. The van der Waals surface area contributed by atoms with Crippen molar-refractivity contribution >= 4 is 34.7 Å². The smallest absolute Gasteiger partial charge is 0.331 e. The molecule has 0 spiro atoms. The second kappa shape index (κ2) is 6.47. The summed E-state index contributed by atoms with van der Waals surface area (Å²) >= 11 is 2.90. The topological polar surface area (TPSA) is 65.2 Å². The van der Waals surface area contributed by atoms with E-state index in [9.17, 15) is 4.79 Å². The lowest BCUT2D eigenvalue weighted by molar-refractivity contribution is -0.139. The molecule has 0 aliphatic rings. The van der Waals surface area contributed by atoms with Crippen molar-refractivity contribution in [1.82, 2.24) is 9.97 Å². The maximum atomic E-state index is 11.6. The lowest BCUT2D eigenvalue weighted by Crippen LogP contribution is -2.00. The Kier molecular flexibility index (Phi) is 4.23. The minimum Gasteiger partial charge on any atom is -0.462 e. The first kappa shape index (κ1) is 13.7. The van der Waals surface area contributed by atoms with E-state index in [1.165, 1.54) is 28.7 Å². The van der Waals surface area contributed by atoms with E-state index in [4.69, 9.17) is 9.15 Å². The number of furan rings is 1. The normalized spacial score (nSPS) is 11.0. The molecule has 0 saturated heterocycles. The zero-order valence-corrected chi connectivity index (χ0v) is 12.4. The van der Waals surface area contributed by atoms with Crippen LogP contribution >= 0.6 is 22.7 Å². The molecule has 7 heteroatoms. The van der Waals surface area contributed by atoms with Gasteiger partial charge in [0.25, 0.3) is 0 Å². The molecule has 0 radical (unpaired) electrons. The number of nitrogens with zero attached hydrogens (tertiary/aromatic N) is 2. The molecular formula is C14H10N2O3S2. The highest BCUT2D eigenvalue weighted by molar-refractivity contribution is 7.13. The molecule has 0 N–H and O–H groups in total. The Morgan fingerprint density at radius 3 is 3.14 bits per heavy atom. The molecule has 106 valence electrons. The van der Waals surface area contributed by atoms with Gasteiger partial charge < -0.3 is 9.15 Å². The highest BCUT2D eigenvalue weighted by Crippen LogP contribution is 2.24. The molecule has 21 heavy (non-hydrogen) atoms. The first-order valence-corrected chi connectivity index (χ1v) is 7.80. The maximum absolute atomic E-state index is 11.6. The van der Waals surface area contributed by atoms with Gasteiger partial charge in [-0.1, -0.05) is 0 Å². The van der Waals surface area contributed by atoms with E-state index >= 15 is 0 Å². The molecule has 0 aliphatic heterocycles. The fourth-order valence-electron chi connectivity index (χ4n) is 1.54. The second-order valence-electron chi connectivity index (χ2n) is 3.93. The van der Waals surface area contributed by atoms with Gasteiger partial charge in [0, 0.05) is 23.0 Å². The molecule has 0 saturated carbocycles. The van der Waals surface area contributed by atoms with Crippen LogP contribution in [0.25, 0.3) is 16.8 Å². The van der Waals surface area contributed by atoms with Crippen LogP contribution in [0, 0.1) is 0 Å². The Morgan fingerprint density at radius 2 is 2.38 bits per heavy atom. The van der Waals surface area contributed by atoms with Crippen LogP contribution in [0.3, 0.4) is 0 Å². The Morgan fingerprint density at radius 1 is 1.43 bits per heavy atom. The van der Waals surface area contributed by atoms with Crippen molar-refractivity contribution in [3.05, 3.63) is 52.1 Å². The largest absolute Gasteiger partial charge is 0.462 e. The van der Waals surface area contributed by atoms with Crippen LogP contribution in [0.1, 0.15) is 10.7 Å². The van der Waals surface area contributed by atoms with E-state index < -0.39 is 5.97 Å². The lowest BCUT2D eigenvalue weighted by Gasteiger charge is -1.97. The Balaban J connectivity index is 1.54. The zero-order valence-electron chi connectivity index (χ0n) is 10.8. The van der Waals surface area contributed by atoms with Crippen molar-refractivity contribution < 1.29 is 13.9 Å². The van der Waals surface area contributed by atoms with Crippen LogP contribution in [0.4, 0.5) is 0 Å². The van der Waals surface area contributed by atoms with Crippen molar-refractivity contribution in [2.75, 3.05) is 0 Å². The predicted octanol–water partition coefficient (Wildman–Crippen LogP) is 3.62. The number of carbonyl (C=O) groups excluding carboxylic acids is 1. The van der Waals surface area contributed by atoms with E-state index in [0.717, 1.165) is 10.0 Å². The monoisotopic (exact) mass is 318 g/mol. The number of hydrogen-bond donors (Lipinski definition) is 0. The molecule has 3 heterocycles. The van der Waals surface area contributed by atoms with Crippen molar-refractivity contribution in [3.8, 4) is 10.8 Å². The zero-order chi connectivity index (χ0) is 14.5. The molecule has 3 aromatic rings. The van der Waals surface area contributed by atoms with Gasteiger partial charge in [-0.05, 0) is 18.2 Å². The first-order chi connectivity index (χ1) is 10.3. The van der Waals surface area contributed by atoms with Crippen LogP contribution in [-0.4, -0.2) is 15.9 Å². The third kappa shape index (κ3) is 3.65. The maximum Gasteiger partial charge on any atom is 0.331 e. The van der Waals surface area contributed by atoms with Crippen molar-refractivity contribution in [3.63, 3.8) is 0 Å². The van der Waals surface area contributed by atoms with Gasteiger partial charge in [0.1, 0.15) is 11.6 Å². The van der Waals surface area contributed by atoms with Gasteiger partial charge >= 0.3 is 5.97 Å². The van der Waals surface area contributed by atoms with Crippen LogP contribution in [0.5, 0.6) is 0 Å². The van der Waals surface area contributed by atoms with Gasteiger partial charge in [-0.15, -0.1) is 22.7 Å². The van der Waals surface area contributed by atoms with Crippen LogP contribution in [-0.2, 0) is 16.1 Å². The summed E-state index contributed by atoms with van der Waals surface area (Å²) in [4.78, 5) is 20.0. The molecule has 3 aromatic heterocycles. The number of thiazole rings is 2. The average molecular weight is 318 g/mol. The highest BCUT2D eigenvalue weighted by atomic mass is 32.1. The fraction of sp³-hybridized carbons (Fsp3) is 0.0714. The third-order valence-electron chi connectivity index (χ3n) is 2.46. The number of aromatic nitrogens is 2. The standard InChI is InChI=1S/C14H10N2O3S2/c17-13(4-3-12-15-5-7-20-12)19-8-10-9-21-14(16-10)11-2-1-6-18-11/h1-7,9H,8H2/b4-3+. The number of ether oxygens (including phenoxy) is 1. The molecule has 5 nitrogen and oxygen atoms in total. The summed E-state index contributed by atoms with van der Waals surface area (Å²) in [5.41, 5.74) is 0.697. The molecule has 0 aromatic carbocycles. The molecular weight excluding hydrogens is 308 g/mol. The number of carbonyl (C=O) groups is 1. The van der Waals surface area contributed by atoms with Crippen LogP contribution < -0.4 is 0 Å².